The highest BCUT2D eigenvalue weighted by Gasteiger charge is 2.12. The van der Waals surface area contributed by atoms with Crippen molar-refractivity contribution < 1.29 is 4.79 Å². The van der Waals surface area contributed by atoms with Crippen LogP contribution in [0.3, 0.4) is 0 Å². The second kappa shape index (κ2) is 7.01. The minimum Gasteiger partial charge on any atom is -0.351 e. The van der Waals surface area contributed by atoms with Gasteiger partial charge in [0.25, 0.3) is 5.91 Å². The van der Waals surface area contributed by atoms with Gasteiger partial charge in [-0.2, -0.15) is 0 Å². The van der Waals surface area contributed by atoms with Crippen LogP contribution in [0.1, 0.15) is 36.2 Å². The molecule has 0 aliphatic rings. The first kappa shape index (κ1) is 15.3. The Kier molecular flexibility index (Phi) is 5.97. The molecule has 1 unspecified atom stereocenters. The summed E-state index contributed by atoms with van der Waals surface area (Å²) in [5.41, 5.74) is 1.52. The maximum atomic E-state index is 12.0. The van der Waals surface area contributed by atoms with Crippen molar-refractivity contribution in [2.45, 2.75) is 32.6 Å². The Morgan fingerprint density at radius 1 is 1.39 bits per heavy atom. The largest absolute Gasteiger partial charge is 0.351 e. The lowest BCUT2D eigenvalue weighted by Crippen LogP contribution is -2.30. The molecule has 1 N–H and O–H groups in total. The molecular formula is C14H19Cl2NO. The first-order valence-electron chi connectivity index (χ1n) is 6.08. The number of halogens is 2. The zero-order chi connectivity index (χ0) is 13.7. The molecule has 0 aliphatic carbocycles. The van der Waals surface area contributed by atoms with E-state index >= 15 is 0 Å². The van der Waals surface area contributed by atoms with Crippen LogP contribution >= 0.6 is 23.2 Å². The van der Waals surface area contributed by atoms with E-state index in [1.54, 1.807) is 18.2 Å². The quantitative estimate of drug-likeness (QED) is 0.814. The summed E-state index contributed by atoms with van der Waals surface area (Å²) < 4.78 is 0. The number of amides is 1. The molecule has 2 nitrogen and oxygen atoms in total. The van der Waals surface area contributed by atoms with Crippen molar-refractivity contribution in [1.29, 1.82) is 0 Å². The van der Waals surface area contributed by atoms with E-state index in [0.717, 1.165) is 12.0 Å². The first-order valence-corrected chi connectivity index (χ1v) is 6.90. The van der Waals surface area contributed by atoms with Crippen LogP contribution < -0.4 is 5.32 Å². The van der Waals surface area contributed by atoms with Gasteiger partial charge >= 0.3 is 0 Å². The summed E-state index contributed by atoms with van der Waals surface area (Å²) in [5, 5.41) is 3.46. The molecule has 0 heterocycles. The van der Waals surface area contributed by atoms with Gasteiger partial charge in [0.05, 0.1) is 5.38 Å². The van der Waals surface area contributed by atoms with E-state index < -0.39 is 0 Å². The lowest BCUT2D eigenvalue weighted by Gasteiger charge is -2.13. The number of hydrogen-bond acceptors (Lipinski definition) is 1. The molecular weight excluding hydrogens is 269 g/mol. The number of carbonyl (C=O) groups excluding carboxylic acids is 1. The van der Waals surface area contributed by atoms with E-state index in [-0.39, 0.29) is 11.3 Å². The highest BCUT2D eigenvalue weighted by molar-refractivity contribution is 6.30. The minimum absolute atomic E-state index is 0.0263. The normalized spacial score (nSPS) is 12.6. The second-order valence-electron chi connectivity index (χ2n) is 4.90. The summed E-state index contributed by atoms with van der Waals surface area (Å²) in [7, 11) is 0. The first-order chi connectivity index (χ1) is 8.40. The zero-order valence-electron chi connectivity index (χ0n) is 11.0. The molecule has 1 amide bonds. The third-order valence-electron chi connectivity index (χ3n) is 2.64. The number of aryl methyl sites for hydroxylation is 1. The smallest absolute Gasteiger partial charge is 0.251 e. The van der Waals surface area contributed by atoms with Gasteiger partial charge in [0.2, 0.25) is 0 Å². The Balaban J connectivity index is 2.55. The highest BCUT2D eigenvalue weighted by Crippen LogP contribution is 2.15. The number of benzene rings is 1. The Labute approximate surface area is 119 Å². The third-order valence-corrected chi connectivity index (χ3v) is 3.21. The van der Waals surface area contributed by atoms with Crippen molar-refractivity contribution in [3.63, 3.8) is 0 Å². The van der Waals surface area contributed by atoms with Crippen molar-refractivity contribution in [1.82, 2.24) is 5.32 Å². The second-order valence-corrected chi connectivity index (χ2v) is 5.95. The SMILES string of the molecule is Cc1cc(Cl)ccc1C(=O)NCC(Cl)CC(C)C. The van der Waals surface area contributed by atoms with E-state index in [0.29, 0.717) is 23.0 Å². The van der Waals surface area contributed by atoms with Crippen LogP contribution in [-0.4, -0.2) is 17.8 Å². The van der Waals surface area contributed by atoms with Gasteiger partial charge in [0.15, 0.2) is 0 Å². The van der Waals surface area contributed by atoms with Gasteiger partial charge < -0.3 is 5.32 Å². The summed E-state index contributed by atoms with van der Waals surface area (Å²) in [4.78, 5) is 12.0. The number of hydrogen-bond donors (Lipinski definition) is 1. The predicted molar refractivity (Wildman–Crippen MR) is 77.6 cm³/mol. The Morgan fingerprint density at radius 2 is 2.06 bits per heavy atom. The van der Waals surface area contributed by atoms with Gasteiger partial charge in [0.1, 0.15) is 0 Å². The van der Waals surface area contributed by atoms with E-state index in [1.165, 1.54) is 0 Å². The molecule has 0 fully saturated rings. The van der Waals surface area contributed by atoms with Gasteiger partial charge in [-0.3, -0.25) is 4.79 Å². The molecule has 0 aromatic heterocycles. The number of rotatable bonds is 5. The van der Waals surface area contributed by atoms with Crippen LogP contribution in [0.25, 0.3) is 0 Å². The topological polar surface area (TPSA) is 29.1 Å². The molecule has 0 spiro atoms. The Morgan fingerprint density at radius 3 is 2.61 bits per heavy atom. The average molecular weight is 288 g/mol. The third kappa shape index (κ3) is 4.87. The van der Waals surface area contributed by atoms with Crippen molar-refractivity contribution in [3.05, 3.63) is 34.3 Å². The fraction of sp³-hybridized carbons (Fsp3) is 0.500. The molecule has 4 heteroatoms. The average Bonchev–Trinajstić information content (AvgIpc) is 2.25. The summed E-state index contributed by atoms with van der Waals surface area (Å²) in [6.07, 6.45) is 0.890. The van der Waals surface area contributed by atoms with E-state index in [2.05, 4.69) is 19.2 Å². The van der Waals surface area contributed by atoms with Crippen LogP contribution in [0.2, 0.25) is 5.02 Å². The van der Waals surface area contributed by atoms with Gasteiger partial charge in [-0.15, -0.1) is 11.6 Å². The van der Waals surface area contributed by atoms with Crippen molar-refractivity contribution in [3.8, 4) is 0 Å². The molecule has 0 aliphatic heterocycles. The maximum Gasteiger partial charge on any atom is 0.251 e. The lowest BCUT2D eigenvalue weighted by atomic mass is 10.1. The Hall–Kier alpha value is -0.730. The fourth-order valence-corrected chi connectivity index (χ4v) is 2.44. The van der Waals surface area contributed by atoms with Crippen LogP contribution in [0.5, 0.6) is 0 Å². The molecule has 0 bridgehead atoms. The Bertz CT molecular complexity index is 418. The molecule has 18 heavy (non-hydrogen) atoms. The molecule has 1 aromatic carbocycles. The summed E-state index contributed by atoms with van der Waals surface area (Å²) in [6.45, 7) is 6.58. The monoisotopic (exact) mass is 287 g/mol. The van der Waals surface area contributed by atoms with Gasteiger partial charge in [-0.25, -0.2) is 0 Å². The van der Waals surface area contributed by atoms with Gasteiger partial charge in [0, 0.05) is 17.1 Å². The van der Waals surface area contributed by atoms with Crippen LogP contribution in [0, 0.1) is 12.8 Å². The standard InChI is InChI=1S/C14H19Cl2NO/c1-9(2)6-12(16)8-17-14(18)13-5-4-11(15)7-10(13)3/h4-5,7,9,12H,6,8H2,1-3H3,(H,17,18). The molecule has 0 saturated carbocycles. The van der Waals surface area contributed by atoms with Crippen LogP contribution in [0.15, 0.2) is 18.2 Å². The molecule has 100 valence electrons. The van der Waals surface area contributed by atoms with Crippen LogP contribution in [0.4, 0.5) is 0 Å². The van der Waals surface area contributed by atoms with E-state index in [1.807, 2.05) is 6.92 Å². The number of alkyl halides is 1. The fourth-order valence-electron chi connectivity index (χ4n) is 1.78. The van der Waals surface area contributed by atoms with Gasteiger partial charge in [-0.05, 0) is 43.0 Å². The van der Waals surface area contributed by atoms with Crippen molar-refractivity contribution in [2.24, 2.45) is 5.92 Å². The van der Waals surface area contributed by atoms with Crippen molar-refractivity contribution >= 4 is 29.1 Å². The zero-order valence-corrected chi connectivity index (χ0v) is 12.5. The van der Waals surface area contributed by atoms with E-state index in [4.69, 9.17) is 23.2 Å². The van der Waals surface area contributed by atoms with Crippen molar-refractivity contribution in [2.75, 3.05) is 6.54 Å². The van der Waals surface area contributed by atoms with Gasteiger partial charge in [-0.1, -0.05) is 25.4 Å². The van der Waals surface area contributed by atoms with Crippen LogP contribution in [-0.2, 0) is 0 Å². The molecule has 1 rings (SSSR count). The lowest BCUT2D eigenvalue weighted by molar-refractivity contribution is 0.0952. The number of carbonyl (C=O) groups is 1. The summed E-state index contributed by atoms with van der Waals surface area (Å²) >= 11 is 12.0. The molecule has 0 saturated heterocycles. The molecule has 1 aromatic rings. The summed E-state index contributed by atoms with van der Waals surface area (Å²) in [5.74, 6) is 0.431. The molecule has 1 atom stereocenters. The maximum absolute atomic E-state index is 12.0. The predicted octanol–water partition coefficient (Wildman–Crippen LogP) is 4.03. The summed E-state index contributed by atoms with van der Waals surface area (Å²) in [6, 6.07) is 5.23. The highest BCUT2D eigenvalue weighted by atomic mass is 35.5. The molecule has 0 radical (unpaired) electrons. The number of nitrogens with one attached hydrogen (secondary N) is 1. The minimum atomic E-state index is -0.0985. The van der Waals surface area contributed by atoms with E-state index in [9.17, 15) is 4.79 Å².